The van der Waals surface area contributed by atoms with Crippen LogP contribution in [0.3, 0.4) is 0 Å². The van der Waals surface area contributed by atoms with Crippen LogP contribution < -0.4 is 10.9 Å². The van der Waals surface area contributed by atoms with Gasteiger partial charge in [0.05, 0.1) is 0 Å². The van der Waals surface area contributed by atoms with Crippen molar-refractivity contribution in [3.05, 3.63) is 22.7 Å². The Morgan fingerprint density at radius 3 is 2.81 bits per heavy atom. The van der Waals surface area contributed by atoms with E-state index in [0.717, 1.165) is 32.4 Å². The van der Waals surface area contributed by atoms with Crippen LogP contribution in [0.1, 0.15) is 39.0 Å². The lowest BCUT2D eigenvalue weighted by Crippen LogP contribution is -2.36. The van der Waals surface area contributed by atoms with Gasteiger partial charge in [0.2, 0.25) is 5.91 Å². The van der Waals surface area contributed by atoms with Gasteiger partial charge < -0.3 is 14.8 Å². The summed E-state index contributed by atoms with van der Waals surface area (Å²) in [4.78, 5) is 30.1. The molecule has 0 aromatic carbocycles. The summed E-state index contributed by atoms with van der Waals surface area (Å²) in [6.07, 6.45) is 8.03. The fourth-order valence-corrected chi connectivity index (χ4v) is 2.57. The van der Waals surface area contributed by atoms with Crippen molar-refractivity contribution in [3.63, 3.8) is 0 Å². The van der Waals surface area contributed by atoms with Gasteiger partial charge in [-0.25, -0.2) is 4.98 Å². The number of aromatic nitrogens is 2. The molecule has 0 radical (unpaired) electrons. The largest absolute Gasteiger partial charge is 0.365 e. The summed E-state index contributed by atoms with van der Waals surface area (Å²) in [5.41, 5.74) is -0.121. The molecule has 1 N–H and O–H groups in total. The van der Waals surface area contributed by atoms with E-state index in [1.165, 1.54) is 6.42 Å². The van der Waals surface area contributed by atoms with Crippen LogP contribution in [0.2, 0.25) is 0 Å². The number of nitrogens with zero attached hydrogens (tertiary/aromatic N) is 3. The minimum Gasteiger partial charge on any atom is -0.365 e. The number of rotatable bonds is 6. The Morgan fingerprint density at radius 1 is 1.33 bits per heavy atom. The molecule has 1 amide bonds. The Balaban J connectivity index is 1.84. The van der Waals surface area contributed by atoms with Crippen molar-refractivity contribution in [2.24, 2.45) is 0 Å². The highest BCUT2D eigenvalue weighted by Crippen LogP contribution is 2.09. The normalized spacial score (nSPS) is 15.0. The maximum Gasteiger partial charge on any atom is 0.293 e. The van der Waals surface area contributed by atoms with E-state index in [4.69, 9.17) is 0 Å². The molecule has 1 saturated heterocycles. The maximum absolute atomic E-state index is 12.1. The Kier molecular flexibility index (Phi) is 5.78. The minimum absolute atomic E-state index is 0.121. The van der Waals surface area contributed by atoms with Gasteiger partial charge in [-0.1, -0.05) is 6.92 Å². The van der Waals surface area contributed by atoms with E-state index in [2.05, 4.69) is 10.3 Å². The summed E-state index contributed by atoms with van der Waals surface area (Å²) < 4.78 is 1.64. The molecule has 6 nitrogen and oxygen atoms in total. The molecule has 21 heavy (non-hydrogen) atoms. The van der Waals surface area contributed by atoms with E-state index >= 15 is 0 Å². The standard InChI is InChI=1S/C15H24N4O2/c1-2-9-19-12-8-17-14(15(19)21)16-7-6-13(20)18-10-4-3-5-11-18/h8,12H,2-7,9-11H2,1H3,(H,16,17). The second-order valence-corrected chi connectivity index (χ2v) is 5.39. The van der Waals surface area contributed by atoms with Crippen LogP contribution in [0.4, 0.5) is 5.82 Å². The first-order chi connectivity index (χ1) is 10.2. The third-order valence-corrected chi connectivity index (χ3v) is 3.72. The van der Waals surface area contributed by atoms with Crippen molar-refractivity contribution in [2.45, 2.75) is 45.6 Å². The molecule has 1 aromatic rings. The molecule has 2 heterocycles. The van der Waals surface area contributed by atoms with Crippen molar-refractivity contribution >= 4 is 11.7 Å². The quantitative estimate of drug-likeness (QED) is 0.862. The topological polar surface area (TPSA) is 67.2 Å². The summed E-state index contributed by atoms with van der Waals surface area (Å²) in [7, 11) is 0. The first kappa shape index (κ1) is 15.5. The van der Waals surface area contributed by atoms with Gasteiger partial charge >= 0.3 is 0 Å². The zero-order chi connectivity index (χ0) is 15.1. The fraction of sp³-hybridized carbons (Fsp3) is 0.667. The van der Waals surface area contributed by atoms with Gasteiger partial charge in [-0.15, -0.1) is 0 Å². The molecule has 0 unspecified atom stereocenters. The van der Waals surface area contributed by atoms with Crippen molar-refractivity contribution in [2.75, 3.05) is 25.0 Å². The zero-order valence-electron chi connectivity index (χ0n) is 12.7. The highest BCUT2D eigenvalue weighted by Gasteiger charge is 2.16. The Morgan fingerprint density at radius 2 is 2.10 bits per heavy atom. The molecule has 0 spiro atoms. The van der Waals surface area contributed by atoms with Gasteiger partial charge in [0, 0.05) is 45.0 Å². The number of carbonyl (C=O) groups is 1. The molecule has 1 fully saturated rings. The van der Waals surface area contributed by atoms with Crippen LogP contribution in [0, 0.1) is 0 Å². The molecular formula is C15H24N4O2. The van der Waals surface area contributed by atoms with E-state index in [1.807, 2.05) is 11.8 Å². The smallest absolute Gasteiger partial charge is 0.293 e. The van der Waals surface area contributed by atoms with Crippen molar-refractivity contribution in [1.29, 1.82) is 0 Å². The number of carbonyl (C=O) groups excluding carboxylic acids is 1. The van der Waals surface area contributed by atoms with E-state index in [0.29, 0.717) is 25.3 Å². The molecular weight excluding hydrogens is 268 g/mol. The van der Waals surface area contributed by atoms with Crippen molar-refractivity contribution < 1.29 is 4.79 Å². The van der Waals surface area contributed by atoms with Crippen molar-refractivity contribution in [1.82, 2.24) is 14.5 Å². The number of aryl methyl sites for hydroxylation is 1. The number of nitrogens with one attached hydrogen (secondary N) is 1. The fourth-order valence-electron chi connectivity index (χ4n) is 2.57. The molecule has 0 atom stereocenters. The number of hydrogen-bond donors (Lipinski definition) is 1. The number of hydrogen-bond acceptors (Lipinski definition) is 4. The van der Waals surface area contributed by atoms with Gasteiger partial charge in [-0.2, -0.15) is 0 Å². The zero-order valence-corrected chi connectivity index (χ0v) is 12.7. The number of amides is 1. The molecule has 0 bridgehead atoms. The highest BCUT2D eigenvalue weighted by atomic mass is 16.2. The first-order valence-corrected chi connectivity index (χ1v) is 7.79. The maximum atomic E-state index is 12.1. The molecule has 6 heteroatoms. The van der Waals surface area contributed by atoms with Gasteiger partial charge in [-0.3, -0.25) is 9.59 Å². The molecule has 1 aliphatic rings. The van der Waals surface area contributed by atoms with E-state index in [1.54, 1.807) is 17.0 Å². The average molecular weight is 292 g/mol. The van der Waals surface area contributed by atoms with Gasteiger partial charge in [0.1, 0.15) is 0 Å². The van der Waals surface area contributed by atoms with Crippen LogP contribution in [-0.2, 0) is 11.3 Å². The summed E-state index contributed by atoms with van der Waals surface area (Å²) in [6.45, 7) is 4.89. The van der Waals surface area contributed by atoms with Crippen LogP contribution in [0.25, 0.3) is 0 Å². The molecule has 0 saturated carbocycles. The lowest BCUT2D eigenvalue weighted by atomic mass is 10.1. The second kappa shape index (κ2) is 7.81. The third-order valence-electron chi connectivity index (χ3n) is 3.72. The summed E-state index contributed by atoms with van der Waals surface area (Å²) in [5, 5.41) is 2.99. The van der Waals surface area contributed by atoms with Gasteiger partial charge in [-0.05, 0) is 25.7 Å². The summed E-state index contributed by atoms with van der Waals surface area (Å²) in [6, 6.07) is 0. The number of piperidine rings is 1. The molecule has 116 valence electrons. The lowest BCUT2D eigenvalue weighted by molar-refractivity contribution is -0.131. The van der Waals surface area contributed by atoms with Crippen LogP contribution in [0.15, 0.2) is 17.2 Å². The highest BCUT2D eigenvalue weighted by molar-refractivity contribution is 5.76. The predicted octanol–water partition coefficient (Wildman–Crippen LogP) is 1.47. The Labute approximate surface area is 125 Å². The monoisotopic (exact) mass is 292 g/mol. The number of anilines is 1. The van der Waals surface area contributed by atoms with Crippen LogP contribution in [0.5, 0.6) is 0 Å². The van der Waals surface area contributed by atoms with Crippen LogP contribution >= 0.6 is 0 Å². The lowest BCUT2D eigenvalue weighted by Gasteiger charge is -2.26. The molecule has 0 aliphatic carbocycles. The van der Waals surface area contributed by atoms with E-state index < -0.39 is 0 Å². The third kappa shape index (κ3) is 4.31. The average Bonchev–Trinajstić information content (AvgIpc) is 2.52. The van der Waals surface area contributed by atoms with E-state index in [-0.39, 0.29) is 11.5 Å². The van der Waals surface area contributed by atoms with Gasteiger partial charge in [0.15, 0.2) is 5.82 Å². The first-order valence-electron chi connectivity index (χ1n) is 7.79. The molecule has 2 rings (SSSR count). The minimum atomic E-state index is -0.121. The summed E-state index contributed by atoms with van der Waals surface area (Å²) in [5.74, 6) is 0.490. The predicted molar refractivity (Wildman–Crippen MR) is 82.3 cm³/mol. The van der Waals surface area contributed by atoms with E-state index in [9.17, 15) is 9.59 Å². The van der Waals surface area contributed by atoms with Crippen molar-refractivity contribution in [3.8, 4) is 0 Å². The Bertz CT molecular complexity index is 521. The molecule has 1 aliphatic heterocycles. The van der Waals surface area contributed by atoms with Crippen LogP contribution in [-0.4, -0.2) is 40.0 Å². The number of likely N-dealkylation sites (tertiary alicyclic amines) is 1. The molecule has 1 aromatic heterocycles. The van der Waals surface area contributed by atoms with Gasteiger partial charge in [0.25, 0.3) is 5.56 Å². The SMILES string of the molecule is CCCn1ccnc(NCCC(=O)N2CCCCC2)c1=O. The second-order valence-electron chi connectivity index (χ2n) is 5.39. The Hall–Kier alpha value is -1.85. The summed E-state index contributed by atoms with van der Waals surface area (Å²) >= 11 is 0.